The molecule has 0 saturated carbocycles. The smallest absolute Gasteiger partial charge is 0.240 e. The SMILES string of the molecule is NC(Cc1ccc(O)cc1)C(=O)N1CCC2OCC(=O)C21. The van der Waals surface area contributed by atoms with Crippen molar-refractivity contribution in [3.63, 3.8) is 0 Å². The van der Waals surface area contributed by atoms with Crippen LogP contribution in [0.25, 0.3) is 0 Å². The average molecular weight is 290 g/mol. The molecule has 2 fully saturated rings. The topological polar surface area (TPSA) is 92.9 Å². The van der Waals surface area contributed by atoms with E-state index < -0.39 is 12.1 Å². The van der Waals surface area contributed by atoms with E-state index in [0.717, 1.165) is 5.56 Å². The number of aromatic hydroxyl groups is 1. The lowest BCUT2D eigenvalue weighted by molar-refractivity contribution is -0.137. The number of phenolic OH excluding ortho intramolecular Hbond substituents is 1. The first kappa shape index (κ1) is 14.0. The summed E-state index contributed by atoms with van der Waals surface area (Å²) in [6.45, 7) is 0.607. The van der Waals surface area contributed by atoms with Crippen molar-refractivity contribution in [1.82, 2.24) is 4.90 Å². The average Bonchev–Trinajstić information content (AvgIpc) is 3.04. The zero-order valence-electron chi connectivity index (χ0n) is 11.6. The number of likely N-dealkylation sites (tertiary alicyclic amines) is 1. The number of hydrogen-bond acceptors (Lipinski definition) is 5. The Balaban J connectivity index is 1.67. The van der Waals surface area contributed by atoms with Crippen LogP contribution in [-0.4, -0.2) is 53.0 Å². The Morgan fingerprint density at radius 3 is 2.86 bits per heavy atom. The van der Waals surface area contributed by atoms with Crippen molar-refractivity contribution in [2.24, 2.45) is 5.73 Å². The molecule has 0 aromatic heterocycles. The maximum Gasteiger partial charge on any atom is 0.240 e. The molecule has 1 aromatic carbocycles. The highest BCUT2D eigenvalue weighted by Crippen LogP contribution is 2.27. The van der Waals surface area contributed by atoms with E-state index in [2.05, 4.69) is 0 Å². The number of ether oxygens (including phenoxy) is 1. The number of carbonyl (C=O) groups excluding carboxylic acids is 2. The molecule has 6 nitrogen and oxygen atoms in total. The number of ketones is 1. The molecule has 2 heterocycles. The summed E-state index contributed by atoms with van der Waals surface area (Å²) in [6, 6.07) is 5.45. The highest BCUT2D eigenvalue weighted by molar-refractivity contribution is 5.94. The van der Waals surface area contributed by atoms with Crippen LogP contribution in [0.15, 0.2) is 24.3 Å². The van der Waals surface area contributed by atoms with Gasteiger partial charge in [-0.15, -0.1) is 0 Å². The van der Waals surface area contributed by atoms with Gasteiger partial charge in [-0.2, -0.15) is 0 Å². The van der Waals surface area contributed by atoms with Crippen LogP contribution in [0.2, 0.25) is 0 Å². The minimum absolute atomic E-state index is 0.0392. The van der Waals surface area contributed by atoms with Gasteiger partial charge in [0.05, 0.1) is 12.1 Å². The fraction of sp³-hybridized carbons (Fsp3) is 0.467. The van der Waals surface area contributed by atoms with Crippen LogP contribution < -0.4 is 5.73 Å². The number of amides is 1. The fourth-order valence-electron chi connectivity index (χ4n) is 3.03. The molecular weight excluding hydrogens is 272 g/mol. The second kappa shape index (κ2) is 5.46. The Kier molecular flexibility index (Phi) is 3.65. The molecule has 0 bridgehead atoms. The van der Waals surface area contributed by atoms with Crippen LogP contribution in [0.1, 0.15) is 12.0 Å². The number of benzene rings is 1. The van der Waals surface area contributed by atoms with Gasteiger partial charge in [-0.05, 0) is 30.5 Å². The number of nitrogens with two attached hydrogens (primary N) is 1. The van der Waals surface area contributed by atoms with E-state index in [1.165, 1.54) is 0 Å². The number of fused-ring (bicyclic) bond motifs is 1. The van der Waals surface area contributed by atoms with Gasteiger partial charge < -0.3 is 20.5 Å². The normalized spacial score (nSPS) is 26.0. The van der Waals surface area contributed by atoms with Crippen molar-refractivity contribution >= 4 is 11.7 Å². The van der Waals surface area contributed by atoms with Crippen molar-refractivity contribution < 1.29 is 19.4 Å². The number of nitrogens with zero attached hydrogens (tertiary/aromatic N) is 1. The number of hydrogen-bond donors (Lipinski definition) is 2. The van der Waals surface area contributed by atoms with E-state index in [-0.39, 0.29) is 30.2 Å². The monoisotopic (exact) mass is 290 g/mol. The molecule has 6 heteroatoms. The molecule has 0 spiro atoms. The van der Waals surface area contributed by atoms with Crippen LogP contribution in [0.5, 0.6) is 5.75 Å². The van der Waals surface area contributed by atoms with Crippen LogP contribution in [0, 0.1) is 0 Å². The first-order valence-corrected chi connectivity index (χ1v) is 7.04. The Morgan fingerprint density at radius 2 is 2.14 bits per heavy atom. The molecule has 3 unspecified atom stereocenters. The predicted octanol–water partition coefficient (Wildman–Crippen LogP) is -0.169. The van der Waals surface area contributed by atoms with Crippen LogP contribution in [-0.2, 0) is 20.7 Å². The quantitative estimate of drug-likeness (QED) is 0.806. The molecule has 3 atom stereocenters. The van der Waals surface area contributed by atoms with Crippen LogP contribution in [0.4, 0.5) is 0 Å². The molecule has 3 rings (SSSR count). The van der Waals surface area contributed by atoms with Gasteiger partial charge in [0.25, 0.3) is 0 Å². The van der Waals surface area contributed by atoms with Gasteiger partial charge in [0.1, 0.15) is 18.4 Å². The van der Waals surface area contributed by atoms with Gasteiger partial charge in [0.15, 0.2) is 5.78 Å². The molecule has 2 saturated heterocycles. The van der Waals surface area contributed by atoms with Crippen LogP contribution >= 0.6 is 0 Å². The first-order valence-electron chi connectivity index (χ1n) is 7.04. The summed E-state index contributed by atoms with van der Waals surface area (Å²) in [7, 11) is 0. The molecule has 112 valence electrons. The molecule has 0 aliphatic carbocycles. The van der Waals surface area contributed by atoms with E-state index >= 15 is 0 Å². The van der Waals surface area contributed by atoms with Gasteiger partial charge in [-0.1, -0.05) is 12.1 Å². The third kappa shape index (κ3) is 2.64. The highest BCUT2D eigenvalue weighted by atomic mass is 16.5. The molecule has 0 radical (unpaired) electrons. The minimum atomic E-state index is -0.693. The summed E-state index contributed by atoms with van der Waals surface area (Å²) in [5.74, 6) is -0.0770. The summed E-state index contributed by atoms with van der Waals surface area (Å²) in [5, 5.41) is 9.25. The molecule has 1 amide bonds. The van der Waals surface area contributed by atoms with Crippen molar-refractivity contribution in [1.29, 1.82) is 0 Å². The summed E-state index contributed by atoms with van der Waals surface area (Å²) in [6.07, 6.45) is 0.901. The summed E-state index contributed by atoms with van der Waals surface area (Å²) in [5.41, 5.74) is 6.86. The molecule has 2 aliphatic rings. The van der Waals surface area contributed by atoms with Crippen molar-refractivity contribution in [2.75, 3.05) is 13.2 Å². The van der Waals surface area contributed by atoms with Gasteiger partial charge in [0.2, 0.25) is 5.91 Å². The minimum Gasteiger partial charge on any atom is -0.508 e. The van der Waals surface area contributed by atoms with Gasteiger partial charge >= 0.3 is 0 Å². The second-order valence-electron chi connectivity index (χ2n) is 5.56. The number of rotatable bonds is 3. The third-order valence-electron chi connectivity index (χ3n) is 4.10. The molecule has 3 N–H and O–H groups in total. The van der Waals surface area contributed by atoms with Crippen molar-refractivity contribution in [3.8, 4) is 5.75 Å². The van der Waals surface area contributed by atoms with Gasteiger partial charge in [0, 0.05) is 6.54 Å². The summed E-state index contributed by atoms with van der Waals surface area (Å²) >= 11 is 0. The van der Waals surface area contributed by atoms with Crippen LogP contribution in [0.3, 0.4) is 0 Å². The Morgan fingerprint density at radius 1 is 1.43 bits per heavy atom. The zero-order valence-corrected chi connectivity index (χ0v) is 11.6. The summed E-state index contributed by atoms with van der Waals surface area (Å²) in [4.78, 5) is 25.8. The Labute approximate surface area is 122 Å². The van der Waals surface area contributed by atoms with E-state index in [0.29, 0.717) is 19.4 Å². The number of phenols is 1. The fourth-order valence-corrected chi connectivity index (χ4v) is 3.03. The number of Topliss-reactive ketones (excluding diaryl/α,β-unsaturated/α-hetero) is 1. The van der Waals surface area contributed by atoms with E-state index in [1.807, 2.05) is 0 Å². The number of carbonyl (C=O) groups is 2. The maximum atomic E-state index is 12.4. The lowest BCUT2D eigenvalue weighted by atomic mass is 10.0. The molecule has 21 heavy (non-hydrogen) atoms. The molecule has 1 aromatic rings. The van der Waals surface area contributed by atoms with E-state index in [4.69, 9.17) is 10.5 Å². The molecule has 2 aliphatic heterocycles. The van der Waals surface area contributed by atoms with E-state index in [9.17, 15) is 14.7 Å². The maximum absolute atomic E-state index is 12.4. The standard InChI is InChI=1S/C15H18N2O4/c16-11(7-9-1-3-10(18)4-2-9)15(20)17-6-5-13-14(17)12(19)8-21-13/h1-4,11,13-14,18H,5-8,16H2. The third-order valence-corrected chi connectivity index (χ3v) is 4.10. The lowest BCUT2D eigenvalue weighted by Gasteiger charge is -2.25. The van der Waals surface area contributed by atoms with Crippen molar-refractivity contribution in [3.05, 3.63) is 29.8 Å². The second-order valence-corrected chi connectivity index (χ2v) is 5.56. The highest BCUT2D eigenvalue weighted by Gasteiger charge is 2.47. The largest absolute Gasteiger partial charge is 0.508 e. The van der Waals surface area contributed by atoms with Gasteiger partial charge in [-0.25, -0.2) is 0 Å². The Hall–Kier alpha value is -1.92. The first-order chi connectivity index (χ1) is 10.1. The van der Waals surface area contributed by atoms with E-state index in [1.54, 1.807) is 29.2 Å². The zero-order chi connectivity index (χ0) is 15.0. The van der Waals surface area contributed by atoms with Gasteiger partial charge in [-0.3, -0.25) is 9.59 Å². The van der Waals surface area contributed by atoms with Crippen molar-refractivity contribution in [2.45, 2.75) is 31.0 Å². The summed E-state index contributed by atoms with van der Waals surface area (Å²) < 4.78 is 5.37. The Bertz CT molecular complexity index is 557. The predicted molar refractivity (Wildman–Crippen MR) is 74.7 cm³/mol. The lowest BCUT2D eigenvalue weighted by Crippen LogP contribution is -2.50. The molecular formula is C15H18N2O4.